The molecule has 0 amide bonds. The van der Waals surface area contributed by atoms with Gasteiger partial charge in [0.05, 0.1) is 18.0 Å². The van der Waals surface area contributed by atoms with Crippen LogP contribution in [-0.4, -0.2) is 35.1 Å². The average molecular weight is 322 g/mol. The van der Waals surface area contributed by atoms with Crippen LogP contribution in [0.3, 0.4) is 0 Å². The molecule has 1 aromatic heterocycles. The van der Waals surface area contributed by atoms with Crippen molar-refractivity contribution in [2.24, 2.45) is 5.92 Å². The summed E-state index contributed by atoms with van der Waals surface area (Å²) in [5.41, 5.74) is 0.477. The van der Waals surface area contributed by atoms with Gasteiger partial charge in [0.15, 0.2) is 0 Å². The summed E-state index contributed by atoms with van der Waals surface area (Å²) in [5, 5.41) is 7.67. The zero-order valence-corrected chi connectivity index (χ0v) is 12.7. The molecule has 1 fully saturated rings. The molecule has 0 spiro atoms. The number of aromatic nitrogens is 3. The molecule has 1 heterocycles. The lowest BCUT2D eigenvalue weighted by atomic mass is 10.0. The first-order valence-corrected chi connectivity index (χ1v) is 8.72. The van der Waals surface area contributed by atoms with Gasteiger partial charge in [-0.2, -0.15) is 0 Å². The predicted octanol–water partition coefficient (Wildman–Crippen LogP) is 1.54. The second-order valence-electron chi connectivity index (χ2n) is 5.34. The van der Waals surface area contributed by atoms with E-state index in [0.29, 0.717) is 31.5 Å². The quantitative estimate of drug-likeness (QED) is 0.826. The van der Waals surface area contributed by atoms with Crippen LogP contribution in [0.1, 0.15) is 38.3 Å². The highest BCUT2D eigenvalue weighted by Crippen LogP contribution is 2.42. The minimum Gasteiger partial charge on any atom is -0.252 e. The first-order valence-electron chi connectivity index (χ1n) is 7.06. The fourth-order valence-electron chi connectivity index (χ4n) is 2.46. The smallest absolute Gasteiger partial charge is 0.251 e. The summed E-state index contributed by atoms with van der Waals surface area (Å²) in [6.07, 6.45) is 3.03. The third kappa shape index (κ3) is 4.44. The molecule has 1 saturated carbocycles. The Bertz CT molecular complexity index is 574. The van der Waals surface area contributed by atoms with Gasteiger partial charge in [-0.1, -0.05) is 5.21 Å². The van der Waals surface area contributed by atoms with Crippen LogP contribution in [-0.2, 0) is 23.1 Å². The van der Waals surface area contributed by atoms with Gasteiger partial charge in [-0.25, -0.2) is 21.9 Å². The Balaban J connectivity index is 1.83. The lowest BCUT2D eigenvalue weighted by molar-refractivity contribution is -0.0408. The van der Waals surface area contributed by atoms with Crippen molar-refractivity contribution in [1.82, 2.24) is 19.7 Å². The second kappa shape index (κ2) is 6.35. The van der Waals surface area contributed by atoms with E-state index in [0.717, 1.165) is 0 Å². The molecule has 1 aromatic rings. The van der Waals surface area contributed by atoms with Gasteiger partial charge in [0.1, 0.15) is 0 Å². The Hall–Kier alpha value is -1.09. The molecule has 1 aliphatic rings. The van der Waals surface area contributed by atoms with E-state index >= 15 is 0 Å². The molecule has 0 aliphatic heterocycles. The van der Waals surface area contributed by atoms with Gasteiger partial charge in [-0.15, -0.1) is 5.10 Å². The molecule has 1 atom stereocenters. The molecule has 21 heavy (non-hydrogen) atoms. The van der Waals surface area contributed by atoms with E-state index in [1.807, 2.05) is 0 Å². The Morgan fingerprint density at radius 2 is 2.29 bits per heavy atom. The van der Waals surface area contributed by atoms with Crippen LogP contribution in [0, 0.1) is 5.92 Å². The number of nitrogens with one attached hydrogen (secondary N) is 1. The predicted molar refractivity (Wildman–Crippen MR) is 73.2 cm³/mol. The summed E-state index contributed by atoms with van der Waals surface area (Å²) in [5.74, 6) is -3.17. The fraction of sp³-hybridized carbons (Fsp3) is 0.833. The number of hydrogen-bond donors (Lipinski definition) is 1. The minimum absolute atomic E-state index is 0.00208. The highest BCUT2D eigenvalue weighted by molar-refractivity contribution is 7.89. The average Bonchev–Trinajstić information content (AvgIpc) is 3.00. The maximum absolute atomic E-state index is 13.5. The van der Waals surface area contributed by atoms with Crippen LogP contribution < -0.4 is 4.72 Å². The van der Waals surface area contributed by atoms with E-state index in [2.05, 4.69) is 15.0 Å². The number of rotatable bonds is 7. The number of halogens is 2. The van der Waals surface area contributed by atoms with Crippen molar-refractivity contribution in [3.63, 3.8) is 0 Å². The molecule has 9 heteroatoms. The van der Waals surface area contributed by atoms with Gasteiger partial charge in [-0.05, 0) is 26.2 Å². The molecule has 1 N–H and O–H groups in total. The van der Waals surface area contributed by atoms with Gasteiger partial charge in [0.2, 0.25) is 10.0 Å². The van der Waals surface area contributed by atoms with Crippen LogP contribution in [0.2, 0.25) is 0 Å². The highest BCUT2D eigenvalue weighted by Gasteiger charge is 2.43. The van der Waals surface area contributed by atoms with E-state index in [1.165, 1.54) is 4.68 Å². The van der Waals surface area contributed by atoms with Gasteiger partial charge < -0.3 is 0 Å². The van der Waals surface area contributed by atoms with Crippen LogP contribution in [0.15, 0.2) is 6.20 Å². The van der Waals surface area contributed by atoms with Gasteiger partial charge in [-0.3, -0.25) is 4.68 Å². The molecule has 6 nitrogen and oxygen atoms in total. The monoisotopic (exact) mass is 322 g/mol. The number of hydrogen-bond acceptors (Lipinski definition) is 4. The van der Waals surface area contributed by atoms with Crippen LogP contribution in [0.4, 0.5) is 8.78 Å². The van der Waals surface area contributed by atoms with Gasteiger partial charge >= 0.3 is 0 Å². The molecular formula is C12H20F2N4O2S. The molecule has 0 aromatic carbocycles. The van der Waals surface area contributed by atoms with Crippen molar-refractivity contribution < 1.29 is 17.2 Å². The summed E-state index contributed by atoms with van der Waals surface area (Å²) in [6.45, 7) is 1.98. The van der Waals surface area contributed by atoms with Gasteiger partial charge in [0, 0.05) is 25.1 Å². The summed E-state index contributed by atoms with van der Waals surface area (Å²) in [7, 11) is -3.28. The normalized spacial score (nSPS) is 21.8. The molecule has 0 saturated heterocycles. The number of sulfonamides is 1. The molecule has 2 rings (SSSR count). The summed E-state index contributed by atoms with van der Waals surface area (Å²) in [6, 6.07) is 0. The van der Waals surface area contributed by atoms with Gasteiger partial charge in [0.25, 0.3) is 5.92 Å². The summed E-state index contributed by atoms with van der Waals surface area (Å²) in [4.78, 5) is 0. The maximum Gasteiger partial charge on any atom is 0.251 e. The van der Waals surface area contributed by atoms with E-state index < -0.39 is 21.9 Å². The number of aryl methyl sites for hydroxylation is 1. The van der Waals surface area contributed by atoms with E-state index in [1.54, 1.807) is 13.1 Å². The van der Waals surface area contributed by atoms with Crippen molar-refractivity contribution in [1.29, 1.82) is 0 Å². The molecule has 0 radical (unpaired) electrons. The summed E-state index contributed by atoms with van der Waals surface area (Å²) >= 11 is 0. The van der Waals surface area contributed by atoms with E-state index in [9.17, 15) is 17.2 Å². The van der Waals surface area contributed by atoms with Crippen molar-refractivity contribution in [2.45, 2.75) is 51.6 Å². The van der Waals surface area contributed by atoms with Crippen molar-refractivity contribution in [2.75, 3.05) is 5.75 Å². The Kier molecular flexibility index (Phi) is 4.92. The SMILES string of the molecule is CCS(=O)(=O)NCc1cn(CCC2CCCC2(F)F)nn1. The standard InChI is InChI=1S/C12H20F2N4O2S/c1-2-21(19,20)15-8-11-9-18(17-16-11)7-5-10-4-3-6-12(10,13)14/h9-10,15H,2-8H2,1H3. The maximum atomic E-state index is 13.5. The van der Waals surface area contributed by atoms with Crippen molar-refractivity contribution >= 4 is 10.0 Å². The number of nitrogens with zero attached hydrogens (tertiary/aromatic N) is 3. The first kappa shape index (κ1) is 16.3. The molecule has 1 unspecified atom stereocenters. The van der Waals surface area contributed by atoms with Crippen molar-refractivity contribution in [3.8, 4) is 0 Å². The zero-order valence-electron chi connectivity index (χ0n) is 11.9. The van der Waals surface area contributed by atoms with Crippen molar-refractivity contribution in [3.05, 3.63) is 11.9 Å². The zero-order chi connectivity index (χ0) is 15.5. The second-order valence-corrected chi connectivity index (χ2v) is 7.43. The topological polar surface area (TPSA) is 76.9 Å². The van der Waals surface area contributed by atoms with E-state index in [-0.39, 0.29) is 18.7 Å². The fourth-order valence-corrected chi connectivity index (χ4v) is 3.03. The Morgan fingerprint density at radius 1 is 1.52 bits per heavy atom. The number of alkyl halides is 2. The van der Waals surface area contributed by atoms with Crippen LogP contribution in [0.25, 0.3) is 0 Å². The summed E-state index contributed by atoms with van der Waals surface area (Å²) < 4.78 is 53.4. The largest absolute Gasteiger partial charge is 0.252 e. The lowest BCUT2D eigenvalue weighted by Crippen LogP contribution is -2.24. The third-order valence-corrected chi connectivity index (χ3v) is 5.15. The molecule has 0 bridgehead atoms. The molecule has 120 valence electrons. The Morgan fingerprint density at radius 3 is 2.90 bits per heavy atom. The van der Waals surface area contributed by atoms with Crippen LogP contribution in [0.5, 0.6) is 0 Å². The third-order valence-electron chi connectivity index (χ3n) is 3.81. The lowest BCUT2D eigenvalue weighted by Gasteiger charge is -2.18. The van der Waals surface area contributed by atoms with E-state index in [4.69, 9.17) is 0 Å². The molecular weight excluding hydrogens is 302 g/mol. The Labute approximate surface area is 123 Å². The van der Waals surface area contributed by atoms with Crippen LogP contribution >= 0.6 is 0 Å². The highest BCUT2D eigenvalue weighted by atomic mass is 32.2. The minimum atomic E-state index is -3.28. The first-order chi connectivity index (χ1) is 9.82. The molecule has 1 aliphatic carbocycles.